The molecule has 2 aromatic rings. The minimum atomic E-state index is -0.743. The quantitative estimate of drug-likeness (QED) is 0.504. The molecule has 0 spiro atoms. The molecule has 0 radical (unpaired) electrons. The summed E-state index contributed by atoms with van der Waals surface area (Å²) in [5, 5.41) is 10.3. The molecule has 2 rings (SSSR count). The van der Waals surface area contributed by atoms with Crippen LogP contribution in [0.2, 0.25) is 10.0 Å². The number of carbonyl (C=O) groups excluding carboxylic acids is 2. The number of carbonyl (C=O) groups is 2. The topological polar surface area (TPSA) is 93.2 Å². The lowest BCUT2D eigenvalue weighted by Gasteiger charge is -2.03. The summed E-state index contributed by atoms with van der Waals surface area (Å²) in [6.07, 6.45) is 0. The molecule has 0 aliphatic rings. The van der Waals surface area contributed by atoms with Crippen LogP contribution in [0.5, 0.6) is 0 Å². The number of halogens is 2. The lowest BCUT2D eigenvalue weighted by molar-refractivity contribution is -0.118. The van der Waals surface area contributed by atoms with Gasteiger partial charge < -0.3 is 10.5 Å². The molecule has 0 fully saturated rings. The Labute approximate surface area is 145 Å². The number of rotatable bonds is 4. The highest BCUT2D eigenvalue weighted by Crippen LogP contribution is 2.37. The van der Waals surface area contributed by atoms with E-state index in [-0.39, 0.29) is 21.2 Å². The standard InChI is InChI=1S/C15H10Cl2N2O3S/c1-7(19)10(5-18)11(20)6-22-15(21)14-13(17)9-3-2-8(16)4-12(9)23-14/h2-4H,6,19H2,1H3. The van der Waals surface area contributed by atoms with E-state index in [1.54, 1.807) is 24.3 Å². The third kappa shape index (κ3) is 3.64. The van der Waals surface area contributed by atoms with E-state index >= 15 is 0 Å². The van der Waals surface area contributed by atoms with Crippen molar-refractivity contribution in [3.05, 3.63) is 44.4 Å². The van der Waals surface area contributed by atoms with Gasteiger partial charge in [0.25, 0.3) is 0 Å². The fourth-order valence-electron chi connectivity index (χ4n) is 1.81. The van der Waals surface area contributed by atoms with Crippen molar-refractivity contribution in [1.82, 2.24) is 0 Å². The molecule has 0 aliphatic carbocycles. The maximum absolute atomic E-state index is 12.1. The first-order valence-corrected chi connectivity index (χ1v) is 7.86. The number of nitrogens with two attached hydrogens (primary N) is 1. The minimum absolute atomic E-state index is 0.0723. The van der Waals surface area contributed by atoms with Crippen LogP contribution in [0.3, 0.4) is 0 Å². The number of hydrogen-bond donors (Lipinski definition) is 1. The molecule has 0 saturated carbocycles. The summed E-state index contributed by atoms with van der Waals surface area (Å²) in [4.78, 5) is 24.0. The maximum atomic E-state index is 12.1. The van der Waals surface area contributed by atoms with E-state index in [9.17, 15) is 9.59 Å². The minimum Gasteiger partial charge on any atom is -0.453 e. The Hall–Kier alpha value is -2.07. The highest BCUT2D eigenvalue weighted by Gasteiger charge is 2.21. The highest BCUT2D eigenvalue weighted by atomic mass is 35.5. The Morgan fingerprint density at radius 1 is 1.39 bits per heavy atom. The van der Waals surface area contributed by atoms with E-state index in [1.165, 1.54) is 6.92 Å². The van der Waals surface area contributed by atoms with Crippen LogP contribution in [0.25, 0.3) is 10.1 Å². The van der Waals surface area contributed by atoms with Gasteiger partial charge >= 0.3 is 5.97 Å². The van der Waals surface area contributed by atoms with Crippen LogP contribution in [-0.2, 0) is 9.53 Å². The van der Waals surface area contributed by atoms with Crippen LogP contribution in [0.4, 0.5) is 0 Å². The maximum Gasteiger partial charge on any atom is 0.350 e. The predicted octanol–water partition coefficient (Wildman–Crippen LogP) is 3.69. The van der Waals surface area contributed by atoms with E-state index in [0.717, 1.165) is 16.0 Å². The Morgan fingerprint density at radius 2 is 2.09 bits per heavy atom. The smallest absolute Gasteiger partial charge is 0.350 e. The number of allylic oxidation sites excluding steroid dienone is 1. The third-order valence-corrected chi connectivity index (χ3v) is 4.77. The molecule has 0 unspecified atom stereocenters. The van der Waals surface area contributed by atoms with Gasteiger partial charge in [0, 0.05) is 20.8 Å². The molecular formula is C15H10Cl2N2O3S. The first kappa shape index (κ1) is 17.3. The van der Waals surface area contributed by atoms with Crippen molar-refractivity contribution in [2.75, 3.05) is 6.61 Å². The van der Waals surface area contributed by atoms with E-state index in [0.29, 0.717) is 10.4 Å². The van der Waals surface area contributed by atoms with Crippen LogP contribution >= 0.6 is 34.5 Å². The van der Waals surface area contributed by atoms with Crippen molar-refractivity contribution in [2.45, 2.75) is 6.92 Å². The first-order chi connectivity index (χ1) is 10.8. The van der Waals surface area contributed by atoms with Crippen molar-refractivity contribution >= 4 is 56.4 Å². The van der Waals surface area contributed by atoms with Crippen LogP contribution in [0, 0.1) is 11.3 Å². The number of benzene rings is 1. The summed E-state index contributed by atoms with van der Waals surface area (Å²) in [5.74, 6) is -1.41. The average Bonchev–Trinajstić information content (AvgIpc) is 2.81. The first-order valence-electron chi connectivity index (χ1n) is 6.29. The predicted molar refractivity (Wildman–Crippen MR) is 89.6 cm³/mol. The number of nitriles is 1. The second kappa shape index (κ2) is 7.01. The number of hydrogen-bond acceptors (Lipinski definition) is 6. The number of ether oxygens (including phenoxy) is 1. The summed E-state index contributed by atoms with van der Waals surface area (Å²) < 4.78 is 5.66. The lowest BCUT2D eigenvalue weighted by Crippen LogP contribution is -2.17. The van der Waals surface area contributed by atoms with Gasteiger partial charge in [0.05, 0.1) is 5.02 Å². The molecule has 0 atom stereocenters. The summed E-state index contributed by atoms with van der Waals surface area (Å²) >= 11 is 13.2. The molecule has 1 aromatic heterocycles. The number of nitrogens with zero attached hydrogens (tertiary/aromatic N) is 1. The Morgan fingerprint density at radius 3 is 2.70 bits per heavy atom. The summed E-state index contributed by atoms with van der Waals surface area (Å²) in [6.45, 7) is 0.840. The zero-order valence-electron chi connectivity index (χ0n) is 11.9. The fourth-order valence-corrected chi connectivity index (χ4v) is 3.49. The number of Topliss-reactive ketones (excluding diaryl/α,β-unsaturated/α-hetero) is 1. The van der Waals surface area contributed by atoms with Gasteiger partial charge in [-0.1, -0.05) is 29.3 Å². The summed E-state index contributed by atoms with van der Waals surface area (Å²) in [7, 11) is 0. The van der Waals surface area contributed by atoms with Crippen molar-refractivity contribution in [1.29, 1.82) is 5.26 Å². The second-order valence-corrected chi connectivity index (χ2v) is 6.42. The van der Waals surface area contributed by atoms with Gasteiger partial charge in [0.1, 0.15) is 16.5 Å². The Bertz CT molecular complexity index is 877. The van der Waals surface area contributed by atoms with Crippen LogP contribution in [-0.4, -0.2) is 18.4 Å². The van der Waals surface area contributed by atoms with Crippen molar-refractivity contribution < 1.29 is 14.3 Å². The van der Waals surface area contributed by atoms with Gasteiger partial charge in [-0.25, -0.2) is 4.79 Å². The zero-order valence-corrected chi connectivity index (χ0v) is 14.2. The van der Waals surface area contributed by atoms with E-state index in [4.69, 9.17) is 38.9 Å². The molecule has 2 N–H and O–H groups in total. The molecular weight excluding hydrogens is 359 g/mol. The lowest BCUT2D eigenvalue weighted by atomic mass is 10.1. The van der Waals surface area contributed by atoms with E-state index in [1.807, 2.05) is 0 Å². The van der Waals surface area contributed by atoms with Gasteiger partial charge in [-0.05, 0) is 19.1 Å². The third-order valence-electron chi connectivity index (χ3n) is 2.90. The van der Waals surface area contributed by atoms with Crippen molar-refractivity contribution in [3.8, 4) is 6.07 Å². The molecule has 23 heavy (non-hydrogen) atoms. The largest absolute Gasteiger partial charge is 0.453 e. The van der Waals surface area contributed by atoms with Gasteiger partial charge in [-0.2, -0.15) is 5.26 Å². The monoisotopic (exact) mass is 368 g/mol. The molecule has 8 heteroatoms. The molecule has 0 bridgehead atoms. The number of esters is 1. The van der Waals surface area contributed by atoms with Crippen molar-refractivity contribution in [3.63, 3.8) is 0 Å². The Balaban J connectivity index is 2.19. The van der Waals surface area contributed by atoms with Crippen LogP contribution in [0.1, 0.15) is 16.6 Å². The summed E-state index contributed by atoms with van der Waals surface area (Å²) in [5.41, 5.74) is 5.26. The molecule has 5 nitrogen and oxygen atoms in total. The highest BCUT2D eigenvalue weighted by molar-refractivity contribution is 7.21. The molecule has 0 aliphatic heterocycles. The molecule has 1 aromatic carbocycles. The summed E-state index contributed by atoms with van der Waals surface area (Å²) in [6, 6.07) is 6.73. The number of ketones is 1. The normalized spacial score (nSPS) is 11.7. The molecule has 0 amide bonds. The molecule has 0 saturated heterocycles. The van der Waals surface area contributed by atoms with E-state index < -0.39 is 18.4 Å². The molecule has 118 valence electrons. The Kier molecular flexibility index (Phi) is 5.26. The SMILES string of the molecule is CC(N)=C(C#N)C(=O)COC(=O)c1sc2cc(Cl)ccc2c1Cl. The fraction of sp³-hybridized carbons (Fsp3) is 0.133. The second-order valence-electron chi connectivity index (χ2n) is 4.55. The van der Waals surface area contributed by atoms with Crippen LogP contribution in [0.15, 0.2) is 29.5 Å². The molecule has 1 heterocycles. The van der Waals surface area contributed by atoms with Crippen LogP contribution < -0.4 is 5.73 Å². The number of fused-ring (bicyclic) bond motifs is 1. The number of thiophene rings is 1. The van der Waals surface area contributed by atoms with Gasteiger partial charge in [0.15, 0.2) is 6.61 Å². The van der Waals surface area contributed by atoms with Gasteiger partial charge in [-0.3, -0.25) is 4.79 Å². The van der Waals surface area contributed by atoms with Crippen molar-refractivity contribution in [2.24, 2.45) is 5.73 Å². The van der Waals surface area contributed by atoms with Gasteiger partial charge in [-0.15, -0.1) is 11.3 Å². The van der Waals surface area contributed by atoms with E-state index in [2.05, 4.69) is 0 Å². The average molecular weight is 369 g/mol. The van der Waals surface area contributed by atoms with Gasteiger partial charge in [0.2, 0.25) is 5.78 Å². The zero-order chi connectivity index (χ0) is 17.1.